The van der Waals surface area contributed by atoms with Gasteiger partial charge < -0.3 is 4.90 Å². The first-order valence-corrected chi connectivity index (χ1v) is 11.2. The molecule has 5 nitrogen and oxygen atoms in total. The van der Waals surface area contributed by atoms with Crippen molar-refractivity contribution in [3.05, 3.63) is 51.9 Å². The molecular formula is C22H25N5S. The fraction of sp³-hybridized carbons (Fsp3) is 0.455. The summed E-state index contributed by atoms with van der Waals surface area (Å²) in [4.78, 5) is 21.4. The zero-order valence-electron chi connectivity index (χ0n) is 16.3. The van der Waals surface area contributed by atoms with Crippen LogP contribution in [0.2, 0.25) is 0 Å². The molecule has 0 atom stereocenters. The van der Waals surface area contributed by atoms with Gasteiger partial charge in [-0.2, -0.15) is 0 Å². The van der Waals surface area contributed by atoms with Gasteiger partial charge in [0.1, 0.15) is 5.82 Å². The number of piperidine rings is 1. The van der Waals surface area contributed by atoms with E-state index in [1.165, 1.54) is 28.4 Å². The lowest BCUT2D eigenvalue weighted by molar-refractivity contribution is 0.499. The lowest BCUT2D eigenvalue weighted by atomic mass is 9.97. The van der Waals surface area contributed by atoms with Gasteiger partial charge in [0.15, 0.2) is 5.82 Å². The SMILES string of the molecule is CCc1csc(C2CCN(c3nc(-c4cccnc4)nc4c3CCC4)CC2)n1. The molecule has 1 fully saturated rings. The zero-order valence-corrected chi connectivity index (χ0v) is 17.1. The minimum absolute atomic E-state index is 0.592. The maximum absolute atomic E-state index is 5.02. The molecule has 144 valence electrons. The van der Waals surface area contributed by atoms with Gasteiger partial charge in [-0.1, -0.05) is 6.92 Å². The number of aryl methyl sites for hydroxylation is 2. The van der Waals surface area contributed by atoms with Crippen LogP contribution in [0.15, 0.2) is 29.9 Å². The van der Waals surface area contributed by atoms with E-state index in [2.05, 4.69) is 22.2 Å². The first kappa shape index (κ1) is 17.7. The van der Waals surface area contributed by atoms with Crippen LogP contribution < -0.4 is 4.90 Å². The summed E-state index contributed by atoms with van der Waals surface area (Å²) in [6.45, 7) is 4.26. The van der Waals surface area contributed by atoms with Gasteiger partial charge >= 0.3 is 0 Å². The number of thiazole rings is 1. The number of rotatable bonds is 4. The highest BCUT2D eigenvalue weighted by atomic mass is 32.1. The first-order valence-electron chi connectivity index (χ1n) is 10.3. The molecule has 0 spiro atoms. The molecule has 2 aliphatic rings. The molecule has 0 radical (unpaired) electrons. The van der Waals surface area contributed by atoms with Crippen LogP contribution in [0.5, 0.6) is 0 Å². The summed E-state index contributed by atoms with van der Waals surface area (Å²) >= 11 is 1.84. The van der Waals surface area contributed by atoms with Crippen LogP contribution in [-0.4, -0.2) is 33.0 Å². The number of anilines is 1. The summed E-state index contributed by atoms with van der Waals surface area (Å²) in [6.07, 6.45) is 10.3. The van der Waals surface area contributed by atoms with E-state index in [-0.39, 0.29) is 0 Å². The molecule has 3 aromatic heterocycles. The fourth-order valence-electron chi connectivity index (χ4n) is 4.31. The summed E-state index contributed by atoms with van der Waals surface area (Å²) < 4.78 is 0. The van der Waals surface area contributed by atoms with Gasteiger partial charge in [0, 0.05) is 53.6 Å². The Kier molecular flexibility index (Phi) is 4.81. The highest BCUT2D eigenvalue weighted by molar-refractivity contribution is 7.09. The van der Waals surface area contributed by atoms with Gasteiger partial charge in [0.2, 0.25) is 0 Å². The average Bonchev–Trinajstić information content (AvgIpc) is 3.43. The van der Waals surface area contributed by atoms with Crippen molar-refractivity contribution < 1.29 is 0 Å². The Balaban J connectivity index is 1.40. The van der Waals surface area contributed by atoms with E-state index < -0.39 is 0 Å². The van der Waals surface area contributed by atoms with E-state index in [4.69, 9.17) is 15.0 Å². The van der Waals surface area contributed by atoms with Crippen LogP contribution in [0.4, 0.5) is 5.82 Å². The third-order valence-corrected chi connectivity index (χ3v) is 6.96. The highest BCUT2D eigenvalue weighted by Crippen LogP contribution is 2.36. The average molecular weight is 392 g/mol. The van der Waals surface area contributed by atoms with Crippen molar-refractivity contribution in [1.29, 1.82) is 0 Å². The van der Waals surface area contributed by atoms with Crippen LogP contribution in [0, 0.1) is 0 Å². The second-order valence-electron chi connectivity index (χ2n) is 7.68. The Bertz CT molecular complexity index is 960. The van der Waals surface area contributed by atoms with E-state index in [9.17, 15) is 0 Å². The van der Waals surface area contributed by atoms with Crippen LogP contribution in [0.25, 0.3) is 11.4 Å². The molecule has 1 saturated heterocycles. The Labute approximate surface area is 169 Å². The second-order valence-corrected chi connectivity index (χ2v) is 8.57. The number of fused-ring (bicyclic) bond motifs is 1. The van der Waals surface area contributed by atoms with Gasteiger partial charge in [0.05, 0.1) is 10.7 Å². The van der Waals surface area contributed by atoms with Crippen LogP contribution in [0.1, 0.15) is 54.1 Å². The first-order chi connectivity index (χ1) is 13.8. The summed E-state index contributed by atoms with van der Waals surface area (Å²) in [6, 6.07) is 4.00. The predicted octanol–water partition coefficient (Wildman–Crippen LogP) is 4.43. The number of hydrogen-bond acceptors (Lipinski definition) is 6. The van der Waals surface area contributed by atoms with Gasteiger partial charge in [-0.05, 0) is 50.7 Å². The maximum Gasteiger partial charge on any atom is 0.163 e. The lowest BCUT2D eigenvalue weighted by Crippen LogP contribution is -2.34. The molecule has 0 N–H and O–H groups in total. The van der Waals surface area contributed by atoms with Crippen molar-refractivity contribution in [3.63, 3.8) is 0 Å². The monoisotopic (exact) mass is 391 g/mol. The molecule has 0 saturated carbocycles. The zero-order chi connectivity index (χ0) is 18.9. The summed E-state index contributed by atoms with van der Waals surface area (Å²) in [7, 11) is 0. The standard InChI is InChI=1S/C22H25N5S/c1-2-17-14-28-22(24-17)15-8-11-27(12-9-15)21-18-6-3-7-19(18)25-20(26-21)16-5-4-10-23-13-16/h4-5,10,13-15H,2-3,6-9,11-12H2,1H3. The van der Waals surface area contributed by atoms with Gasteiger partial charge in [-0.15, -0.1) is 11.3 Å². The molecule has 3 aromatic rings. The van der Waals surface area contributed by atoms with Gasteiger partial charge in [-0.25, -0.2) is 15.0 Å². The number of hydrogen-bond donors (Lipinski definition) is 0. The van der Waals surface area contributed by atoms with Crippen molar-refractivity contribution in [2.45, 2.75) is 51.4 Å². The van der Waals surface area contributed by atoms with Crippen LogP contribution in [0.3, 0.4) is 0 Å². The summed E-state index contributed by atoms with van der Waals surface area (Å²) in [5.74, 6) is 2.57. The van der Waals surface area contributed by atoms with Crippen molar-refractivity contribution in [3.8, 4) is 11.4 Å². The topological polar surface area (TPSA) is 54.8 Å². The Morgan fingerprint density at radius 1 is 1.14 bits per heavy atom. The number of aromatic nitrogens is 4. The minimum atomic E-state index is 0.592. The molecule has 0 bridgehead atoms. The molecule has 0 unspecified atom stereocenters. The Morgan fingerprint density at radius 2 is 2.04 bits per heavy atom. The predicted molar refractivity (Wildman–Crippen MR) is 113 cm³/mol. The van der Waals surface area contributed by atoms with E-state index in [0.29, 0.717) is 5.92 Å². The van der Waals surface area contributed by atoms with Gasteiger partial charge in [0.25, 0.3) is 0 Å². The van der Waals surface area contributed by atoms with E-state index in [0.717, 1.165) is 62.4 Å². The molecule has 1 aliphatic carbocycles. The van der Waals surface area contributed by atoms with Crippen molar-refractivity contribution >= 4 is 17.2 Å². The van der Waals surface area contributed by atoms with Crippen LogP contribution in [-0.2, 0) is 19.3 Å². The number of nitrogens with zero attached hydrogens (tertiary/aromatic N) is 5. The highest BCUT2D eigenvalue weighted by Gasteiger charge is 2.28. The quantitative estimate of drug-likeness (QED) is 0.658. The molecule has 6 heteroatoms. The second kappa shape index (κ2) is 7.59. The molecule has 0 amide bonds. The summed E-state index contributed by atoms with van der Waals surface area (Å²) in [5.41, 5.74) is 4.84. The smallest absolute Gasteiger partial charge is 0.163 e. The van der Waals surface area contributed by atoms with Crippen molar-refractivity contribution in [1.82, 2.24) is 19.9 Å². The lowest BCUT2D eigenvalue weighted by Gasteiger charge is -2.33. The van der Waals surface area contributed by atoms with Crippen LogP contribution >= 0.6 is 11.3 Å². The molecule has 4 heterocycles. The maximum atomic E-state index is 5.02. The molecule has 0 aromatic carbocycles. The minimum Gasteiger partial charge on any atom is -0.356 e. The molecule has 1 aliphatic heterocycles. The molecular weight excluding hydrogens is 366 g/mol. The molecule has 5 rings (SSSR count). The number of pyridine rings is 1. The van der Waals surface area contributed by atoms with Crippen molar-refractivity contribution in [2.75, 3.05) is 18.0 Å². The Morgan fingerprint density at radius 3 is 2.79 bits per heavy atom. The van der Waals surface area contributed by atoms with E-state index >= 15 is 0 Å². The van der Waals surface area contributed by atoms with Crippen molar-refractivity contribution in [2.24, 2.45) is 0 Å². The fourth-order valence-corrected chi connectivity index (χ4v) is 5.38. The van der Waals surface area contributed by atoms with E-state index in [1.54, 1.807) is 6.20 Å². The summed E-state index contributed by atoms with van der Waals surface area (Å²) in [5, 5.41) is 3.54. The third kappa shape index (κ3) is 3.30. The molecule has 28 heavy (non-hydrogen) atoms. The van der Waals surface area contributed by atoms with E-state index in [1.807, 2.05) is 29.7 Å². The Hall–Kier alpha value is -2.34. The largest absolute Gasteiger partial charge is 0.356 e. The van der Waals surface area contributed by atoms with Gasteiger partial charge in [-0.3, -0.25) is 4.98 Å². The normalized spacial score (nSPS) is 17.1. The third-order valence-electron chi connectivity index (χ3n) is 5.91.